The van der Waals surface area contributed by atoms with E-state index in [1.165, 1.54) is 19.3 Å². The van der Waals surface area contributed by atoms with Crippen molar-refractivity contribution in [3.8, 4) is 0 Å². The molecule has 4 heteroatoms. The Morgan fingerprint density at radius 1 is 1.64 bits per heavy atom. The molecule has 1 unspecified atom stereocenters. The average molecular weight is 200 g/mol. The third kappa shape index (κ3) is 3.27. The van der Waals surface area contributed by atoms with Gasteiger partial charge >= 0.3 is 5.97 Å². The molecule has 3 N–H and O–H groups in total. The monoisotopic (exact) mass is 200 g/mol. The number of nitrogens with two attached hydrogens (primary N) is 1. The van der Waals surface area contributed by atoms with Crippen molar-refractivity contribution in [2.75, 3.05) is 13.1 Å². The van der Waals surface area contributed by atoms with Crippen LogP contribution in [0.25, 0.3) is 0 Å². The predicted molar refractivity (Wildman–Crippen MR) is 55.1 cm³/mol. The van der Waals surface area contributed by atoms with Gasteiger partial charge in [0, 0.05) is 12.6 Å². The number of carboxylic acids is 1. The normalized spacial score (nSPS) is 26.0. The number of rotatable bonds is 4. The van der Waals surface area contributed by atoms with E-state index in [1.54, 1.807) is 0 Å². The fraction of sp³-hybridized carbons (Fsp3) is 0.900. The van der Waals surface area contributed by atoms with E-state index in [0.29, 0.717) is 12.5 Å². The number of carbonyl (C=O) groups is 1. The Hall–Kier alpha value is -0.610. The minimum atomic E-state index is -0.894. The maximum atomic E-state index is 10.5. The van der Waals surface area contributed by atoms with Crippen LogP contribution in [0.2, 0.25) is 0 Å². The molecule has 1 heterocycles. The standard InChI is InChI=1S/C10H20N2O2/c1-8-4-2-3-6-12(8)7-5-9(11)10(13)14/h8-9H,2-7,11H2,1H3,(H,13,14)/t8?,9-/m1/s1. The van der Waals surface area contributed by atoms with E-state index in [0.717, 1.165) is 13.1 Å². The van der Waals surface area contributed by atoms with Gasteiger partial charge in [0.05, 0.1) is 0 Å². The summed E-state index contributed by atoms with van der Waals surface area (Å²) in [6.07, 6.45) is 4.30. The smallest absolute Gasteiger partial charge is 0.320 e. The van der Waals surface area contributed by atoms with E-state index in [2.05, 4.69) is 11.8 Å². The van der Waals surface area contributed by atoms with Crippen molar-refractivity contribution in [2.24, 2.45) is 5.73 Å². The maximum Gasteiger partial charge on any atom is 0.320 e. The van der Waals surface area contributed by atoms with Gasteiger partial charge in [-0.1, -0.05) is 6.42 Å². The topological polar surface area (TPSA) is 66.6 Å². The lowest BCUT2D eigenvalue weighted by molar-refractivity contribution is -0.138. The molecule has 0 aliphatic carbocycles. The number of piperidine rings is 1. The molecule has 1 rings (SSSR count). The van der Waals surface area contributed by atoms with Gasteiger partial charge in [-0.25, -0.2) is 0 Å². The van der Waals surface area contributed by atoms with Crippen LogP contribution in [-0.4, -0.2) is 41.1 Å². The largest absolute Gasteiger partial charge is 0.480 e. The molecule has 1 saturated heterocycles. The molecular formula is C10H20N2O2. The van der Waals surface area contributed by atoms with Crippen LogP contribution < -0.4 is 5.73 Å². The third-order valence-electron chi connectivity index (χ3n) is 2.99. The predicted octanol–water partition coefficient (Wildman–Crippen LogP) is 0.663. The highest BCUT2D eigenvalue weighted by Gasteiger charge is 2.20. The quantitative estimate of drug-likeness (QED) is 0.699. The molecule has 0 spiro atoms. The molecule has 0 radical (unpaired) electrons. The summed E-state index contributed by atoms with van der Waals surface area (Å²) in [5, 5.41) is 8.63. The average Bonchev–Trinajstić information content (AvgIpc) is 2.16. The molecule has 0 amide bonds. The molecule has 82 valence electrons. The lowest BCUT2D eigenvalue weighted by Crippen LogP contribution is -2.41. The lowest BCUT2D eigenvalue weighted by Gasteiger charge is -2.33. The zero-order chi connectivity index (χ0) is 10.6. The van der Waals surface area contributed by atoms with Crippen LogP contribution in [0.1, 0.15) is 32.6 Å². The highest BCUT2D eigenvalue weighted by Crippen LogP contribution is 2.16. The van der Waals surface area contributed by atoms with E-state index in [-0.39, 0.29) is 0 Å². The SMILES string of the molecule is CC1CCCCN1CC[C@@H](N)C(=O)O. The van der Waals surface area contributed by atoms with E-state index < -0.39 is 12.0 Å². The van der Waals surface area contributed by atoms with Crippen LogP contribution in [0.3, 0.4) is 0 Å². The van der Waals surface area contributed by atoms with E-state index in [9.17, 15) is 4.79 Å². The Morgan fingerprint density at radius 3 is 2.93 bits per heavy atom. The highest BCUT2D eigenvalue weighted by molar-refractivity contribution is 5.72. The molecule has 14 heavy (non-hydrogen) atoms. The zero-order valence-electron chi connectivity index (χ0n) is 8.78. The molecular weight excluding hydrogens is 180 g/mol. The van der Waals surface area contributed by atoms with Crippen LogP contribution in [0, 0.1) is 0 Å². The first-order valence-electron chi connectivity index (χ1n) is 5.33. The van der Waals surface area contributed by atoms with Crippen LogP contribution >= 0.6 is 0 Å². The fourth-order valence-corrected chi connectivity index (χ4v) is 1.92. The number of hydrogen-bond donors (Lipinski definition) is 2. The second kappa shape index (κ2) is 5.32. The van der Waals surface area contributed by atoms with Gasteiger partial charge in [0.25, 0.3) is 0 Å². The summed E-state index contributed by atoms with van der Waals surface area (Å²) in [6.45, 7) is 4.10. The Morgan fingerprint density at radius 2 is 2.36 bits per heavy atom. The Balaban J connectivity index is 2.25. The van der Waals surface area contributed by atoms with Crippen LogP contribution in [0.5, 0.6) is 0 Å². The third-order valence-corrected chi connectivity index (χ3v) is 2.99. The molecule has 0 bridgehead atoms. The summed E-state index contributed by atoms with van der Waals surface area (Å²) in [6, 6.07) is -0.117. The molecule has 1 aliphatic rings. The number of likely N-dealkylation sites (tertiary alicyclic amines) is 1. The van der Waals surface area contributed by atoms with Gasteiger partial charge in [-0.05, 0) is 32.7 Å². The first kappa shape index (κ1) is 11.5. The van der Waals surface area contributed by atoms with Gasteiger partial charge in [-0.3, -0.25) is 4.79 Å². The van der Waals surface area contributed by atoms with E-state index in [1.807, 2.05) is 0 Å². The van der Waals surface area contributed by atoms with Crippen LogP contribution in [0.15, 0.2) is 0 Å². The minimum absolute atomic E-state index is 0.555. The van der Waals surface area contributed by atoms with Gasteiger partial charge in [0.15, 0.2) is 0 Å². The molecule has 0 aromatic carbocycles. The lowest BCUT2D eigenvalue weighted by atomic mass is 10.0. The Kier molecular flexibility index (Phi) is 4.35. The number of hydrogen-bond acceptors (Lipinski definition) is 3. The number of carboxylic acid groups (broad SMARTS) is 1. The summed E-state index contributed by atoms with van der Waals surface area (Å²) < 4.78 is 0. The number of aliphatic carboxylic acids is 1. The Bertz CT molecular complexity index is 197. The summed E-state index contributed by atoms with van der Waals surface area (Å²) in [5.41, 5.74) is 5.45. The molecule has 0 aromatic rings. The summed E-state index contributed by atoms with van der Waals surface area (Å²) in [4.78, 5) is 12.8. The second-order valence-corrected chi connectivity index (χ2v) is 4.11. The first-order chi connectivity index (χ1) is 6.61. The molecule has 4 nitrogen and oxygen atoms in total. The molecule has 0 saturated carbocycles. The maximum absolute atomic E-state index is 10.5. The van der Waals surface area contributed by atoms with Crippen LogP contribution in [-0.2, 0) is 4.79 Å². The van der Waals surface area contributed by atoms with E-state index >= 15 is 0 Å². The van der Waals surface area contributed by atoms with Crippen molar-refractivity contribution in [3.63, 3.8) is 0 Å². The van der Waals surface area contributed by atoms with Crippen molar-refractivity contribution in [1.82, 2.24) is 4.90 Å². The van der Waals surface area contributed by atoms with Crippen molar-refractivity contribution in [1.29, 1.82) is 0 Å². The highest BCUT2D eigenvalue weighted by atomic mass is 16.4. The first-order valence-corrected chi connectivity index (χ1v) is 5.33. The molecule has 1 aliphatic heterocycles. The van der Waals surface area contributed by atoms with Crippen molar-refractivity contribution >= 4 is 5.97 Å². The van der Waals surface area contributed by atoms with Gasteiger partial charge in [-0.15, -0.1) is 0 Å². The van der Waals surface area contributed by atoms with Crippen LogP contribution in [0.4, 0.5) is 0 Å². The summed E-state index contributed by atoms with van der Waals surface area (Å²) in [5.74, 6) is -0.894. The second-order valence-electron chi connectivity index (χ2n) is 4.11. The molecule has 1 fully saturated rings. The van der Waals surface area contributed by atoms with Gasteiger partial charge in [0.1, 0.15) is 6.04 Å². The van der Waals surface area contributed by atoms with Crippen molar-refractivity contribution in [2.45, 2.75) is 44.7 Å². The Labute approximate surface area is 85.1 Å². The van der Waals surface area contributed by atoms with Gasteiger partial charge < -0.3 is 15.7 Å². The summed E-state index contributed by atoms with van der Waals surface area (Å²) in [7, 11) is 0. The van der Waals surface area contributed by atoms with E-state index in [4.69, 9.17) is 10.8 Å². The zero-order valence-corrected chi connectivity index (χ0v) is 8.78. The number of nitrogens with zero attached hydrogens (tertiary/aromatic N) is 1. The molecule has 0 aromatic heterocycles. The molecule has 2 atom stereocenters. The van der Waals surface area contributed by atoms with Gasteiger partial charge in [0.2, 0.25) is 0 Å². The fourth-order valence-electron chi connectivity index (χ4n) is 1.92. The van der Waals surface area contributed by atoms with Crippen molar-refractivity contribution in [3.05, 3.63) is 0 Å². The minimum Gasteiger partial charge on any atom is -0.480 e. The summed E-state index contributed by atoms with van der Waals surface area (Å²) >= 11 is 0. The van der Waals surface area contributed by atoms with Gasteiger partial charge in [-0.2, -0.15) is 0 Å². The van der Waals surface area contributed by atoms with Crippen molar-refractivity contribution < 1.29 is 9.90 Å².